The van der Waals surface area contributed by atoms with E-state index < -0.39 is 11.7 Å². The van der Waals surface area contributed by atoms with Gasteiger partial charge in [-0.25, -0.2) is 4.68 Å². The number of rotatable bonds is 5. The molecule has 0 radical (unpaired) electrons. The number of likely N-dealkylation sites (tertiary alicyclic amines) is 1. The summed E-state index contributed by atoms with van der Waals surface area (Å²) in [5.41, 5.74) is -0.393. The van der Waals surface area contributed by atoms with Crippen molar-refractivity contribution < 1.29 is 22.7 Å². The third-order valence-corrected chi connectivity index (χ3v) is 5.06. The minimum Gasteiger partial charge on any atom is -0.473 e. The molecule has 162 valence electrons. The first-order chi connectivity index (χ1) is 14.9. The van der Waals surface area contributed by atoms with Crippen LogP contribution in [0.5, 0.6) is 5.88 Å². The molecule has 10 heteroatoms. The summed E-state index contributed by atoms with van der Waals surface area (Å²) in [5, 5.41) is 12.2. The highest BCUT2D eigenvalue weighted by molar-refractivity contribution is 5.79. The molecule has 0 spiro atoms. The molecule has 0 unspecified atom stereocenters. The molecule has 1 saturated heterocycles. The topological polar surface area (TPSA) is 73.1 Å². The van der Waals surface area contributed by atoms with Gasteiger partial charge in [-0.1, -0.05) is 18.2 Å². The quantitative estimate of drug-likeness (QED) is 0.620. The van der Waals surface area contributed by atoms with Crippen LogP contribution in [0.1, 0.15) is 24.0 Å². The molecule has 1 aliphatic heterocycles. The number of aromatic nitrogens is 4. The van der Waals surface area contributed by atoms with Crippen LogP contribution in [0.15, 0.2) is 54.9 Å². The summed E-state index contributed by atoms with van der Waals surface area (Å²) in [4.78, 5) is 14.2. The minimum atomic E-state index is -4.42. The highest BCUT2D eigenvalue weighted by atomic mass is 19.4. The fraction of sp³-hybridized carbons (Fsp3) is 0.333. The SMILES string of the molecule is O=C(Cc1cccc(C(F)(F)F)c1)N1CCC(Oc2ccc(-n3cccn3)nn2)CC1. The molecule has 1 amide bonds. The summed E-state index contributed by atoms with van der Waals surface area (Å²) in [5.74, 6) is 0.776. The first kappa shape index (κ1) is 20.8. The van der Waals surface area contributed by atoms with Crippen LogP contribution in [0.4, 0.5) is 13.2 Å². The van der Waals surface area contributed by atoms with Crippen LogP contribution in [-0.4, -0.2) is 50.0 Å². The fourth-order valence-corrected chi connectivity index (χ4v) is 3.44. The molecule has 7 nitrogen and oxygen atoms in total. The molecule has 0 N–H and O–H groups in total. The van der Waals surface area contributed by atoms with Crippen molar-refractivity contribution in [1.82, 2.24) is 24.9 Å². The number of hydrogen-bond donors (Lipinski definition) is 0. The van der Waals surface area contributed by atoms with Crippen LogP contribution >= 0.6 is 0 Å². The summed E-state index contributed by atoms with van der Waals surface area (Å²) in [7, 11) is 0. The lowest BCUT2D eigenvalue weighted by atomic mass is 10.0. The summed E-state index contributed by atoms with van der Waals surface area (Å²) in [6.45, 7) is 0.947. The minimum absolute atomic E-state index is 0.0597. The summed E-state index contributed by atoms with van der Waals surface area (Å²) >= 11 is 0. The van der Waals surface area contributed by atoms with Gasteiger partial charge in [0.05, 0.1) is 12.0 Å². The van der Waals surface area contributed by atoms with Gasteiger partial charge in [-0.2, -0.15) is 18.3 Å². The van der Waals surface area contributed by atoms with Gasteiger partial charge < -0.3 is 9.64 Å². The maximum atomic E-state index is 12.9. The summed E-state index contributed by atoms with van der Waals surface area (Å²) in [6, 6.07) is 10.1. The largest absolute Gasteiger partial charge is 0.473 e. The second kappa shape index (κ2) is 8.75. The number of alkyl halides is 3. The Labute approximate surface area is 176 Å². The molecule has 2 aromatic heterocycles. The van der Waals surface area contributed by atoms with E-state index in [4.69, 9.17) is 4.74 Å². The van der Waals surface area contributed by atoms with Crippen LogP contribution in [0.2, 0.25) is 0 Å². The fourth-order valence-electron chi connectivity index (χ4n) is 3.44. The van der Waals surface area contributed by atoms with Gasteiger partial charge >= 0.3 is 6.18 Å². The summed E-state index contributed by atoms with van der Waals surface area (Å²) < 4.78 is 46.0. The van der Waals surface area contributed by atoms with Gasteiger partial charge in [0.25, 0.3) is 0 Å². The molecule has 4 rings (SSSR count). The Morgan fingerprint density at radius 2 is 1.90 bits per heavy atom. The number of hydrogen-bond acceptors (Lipinski definition) is 5. The predicted molar refractivity (Wildman–Crippen MR) is 105 cm³/mol. The second-order valence-corrected chi connectivity index (χ2v) is 7.25. The van der Waals surface area contributed by atoms with E-state index in [9.17, 15) is 18.0 Å². The van der Waals surface area contributed by atoms with Crippen molar-refractivity contribution >= 4 is 5.91 Å². The molecule has 3 heterocycles. The van der Waals surface area contributed by atoms with Gasteiger partial charge in [0.15, 0.2) is 5.82 Å². The van der Waals surface area contributed by atoms with Gasteiger partial charge in [-0.15, -0.1) is 10.2 Å². The van der Waals surface area contributed by atoms with E-state index in [1.807, 2.05) is 0 Å². The molecule has 0 atom stereocenters. The van der Waals surface area contributed by atoms with E-state index in [0.29, 0.717) is 43.2 Å². The highest BCUT2D eigenvalue weighted by Crippen LogP contribution is 2.29. The molecular formula is C21H20F3N5O2. The lowest BCUT2D eigenvalue weighted by Gasteiger charge is -2.32. The third-order valence-electron chi connectivity index (χ3n) is 5.06. The zero-order valence-electron chi connectivity index (χ0n) is 16.5. The molecule has 0 saturated carbocycles. The Kier molecular flexibility index (Phi) is 5.88. The zero-order valence-corrected chi connectivity index (χ0v) is 16.5. The number of nitrogens with zero attached hydrogens (tertiary/aromatic N) is 5. The van der Waals surface area contributed by atoms with Crippen molar-refractivity contribution in [3.05, 3.63) is 66.0 Å². The first-order valence-corrected chi connectivity index (χ1v) is 9.83. The Balaban J connectivity index is 1.28. The Bertz CT molecular complexity index is 1010. The maximum absolute atomic E-state index is 12.9. The molecule has 1 fully saturated rings. The van der Waals surface area contributed by atoms with Crippen molar-refractivity contribution in [1.29, 1.82) is 0 Å². The predicted octanol–water partition coefficient (Wildman–Crippen LogP) is 3.29. The van der Waals surface area contributed by atoms with Crippen LogP contribution < -0.4 is 4.74 Å². The highest BCUT2D eigenvalue weighted by Gasteiger charge is 2.31. The first-order valence-electron chi connectivity index (χ1n) is 9.83. The van der Waals surface area contributed by atoms with Gasteiger partial charge in [0.1, 0.15) is 6.10 Å². The molecule has 0 bridgehead atoms. The van der Waals surface area contributed by atoms with Crippen molar-refractivity contribution in [2.45, 2.75) is 31.5 Å². The zero-order chi connectivity index (χ0) is 21.8. The van der Waals surface area contributed by atoms with Gasteiger partial charge in [0, 0.05) is 44.4 Å². The third kappa shape index (κ3) is 5.19. The molecule has 0 aliphatic carbocycles. The number of ether oxygens (including phenoxy) is 1. The molecule has 1 aliphatic rings. The standard InChI is InChI=1S/C21H20F3N5O2/c22-21(23,24)16-4-1-3-15(13-16)14-20(30)28-11-7-17(8-12-28)31-19-6-5-18(26-27-19)29-10-2-9-25-29/h1-6,9-10,13,17H,7-8,11-12,14H2. The number of benzene rings is 1. The van der Waals surface area contributed by atoms with Crippen molar-refractivity contribution in [2.24, 2.45) is 0 Å². The number of piperidine rings is 1. The Morgan fingerprint density at radius 3 is 2.55 bits per heavy atom. The van der Waals surface area contributed by atoms with Crippen LogP contribution in [-0.2, 0) is 17.4 Å². The number of amides is 1. The van der Waals surface area contributed by atoms with E-state index in [-0.39, 0.29) is 18.4 Å². The maximum Gasteiger partial charge on any atom is 0.416 e. The second-order valence-electron chi connectivity index (χ2n) is 7.25. The molecule has 31 heavy (non-hydrogen) atoms. The lowest BCUT2D eigenvalue weighted by Crippen LogP contribution is -2.42. The van der Waals surface area contributed by atoms with Crippen LogP contribution in [0.3, 0.4) is 0 Å². The Hall–Kier alpha value is -3.43. The average Bonchev–Trinajstić information content (AvgIpc) is 3.29. The lowest BCUT2D eigenvalue weighted by molar-refractivity contribution is -0.138. The van der Waals surface area contributed by atoms with E-state index in [1.54, 1.807) is 40.2 Å². The summed E-state index contributed by atoms with van der Waals surface area (Å²) in [6.07, 6.45) is 0.0328. The van der Waals surface area contributed by atoms with Gasteiger partial charge in [0.2, 0.25) is 11.8 Å². The van der Waals surface area contributed by atoms with E-state index in [0.717, 1.165) is 12.1 Å². The molecular weight excluding hydrogens is 411 g/mol. The van der Waals surface area contributed by atoms with Crippen molar-refractivity contribution in [2.75, 3.05) is 13.1 Å². The number of carbonyl (C=O) groups excluding carboxylic acids is 1. The van der Waals surface area contributed by atoms with Crippen molar-refractivity contribution in [3.63, 3.8) is 0 Å². The van der Waals surface area contributed by atoms with E-state index in [1.165, 1.54) is 12.1 Å². The van der Waals surface area contributed by atoms with Gasteiger partial charge in [-0.05, 0) is 23.8 Å². The van der Waals surface area contributed by atoms with Crippen LogP contribution in [0, 0.1) is 0 Å². The molecule has 3 aromatic rings. The van der Waals surface area contributed by atoms with E-state index in [2.05, 4.69) is 15.3 Å². The van der Waals surface area contributed by atoms with Gasteiger partial charge in [-0.3, -0.25) is 4.79 Å². The average molecular weight is 431 g/mol. The smallest absolute Gasteiger partial charge is 0.416 e. The normalized spacial score (nSPS) is 15.1. The van der Waals surface area contributed by atoms with Crippen molar-refractivity contribution in [3.8, 4) is 11.7 Å². The van der Waals surface area contributed by atoms with Crippen LogP contribution in [0.25, 0.3) is 5.82 Å². The monoisotopic (exact) mass is 431 g/mol. The van der Waals surface area contributed by atoms with E-state index >= 15 is 0 Å². The number of halogens is 3. The molecule has 1 aromatic carbocycles. The Morgan fingerprint density at radius 1 is 1.10 bits per heavy atom. The number of carbonyl (C=O) groups is 1.